The van der Waals surface area contributed by atoms with E-state index >= 15 is 0 Å². The molecule has 1 aromatic carbocycles. The van der Waals surface area contributed by atoms with E-state index in [9.17, 15) is 9.90 Å². The summed E-state index contributed by atoms with van der Waals surface area (Å²) in [5.74, 6) is 0. The van der Waals surface area contributed by atoms with E-state index in [1.54, 1.807) is 6.07 Å². The first-order valence-electron chi connectivity index (χ1n) is 4.74. The second kappa shape index (κ2) is 3.61. The Morgan fingerprint density at radius 2 is 2.20 bits per heavy atom. The third-order valence-electron chi connectivity index (χ3n) is 2.54. The van der Waals surface area contributed by atoms with Gasteiger partial charge in [-0.15, -0.1) is 0 Å². The van der Waals surface area contributed by atoms with E-state index in [-0.39, 0.29) is 0 Å². The Morgan fingerprint density at radius 3 is 2.67 bits per heavy atom. The second-order valence-corrected chi connectivity index (χ2v) is 5.03. The molecule has 4 heteroatoms. The molecule has 0 unspecified atom stereocenters. The molecule has 0 spiro atoms. The van der Waals surface area contributed by atoms with Gasteiger partial charge < -0.3 is 10.0 Å². The maximum atomic E-state index is 10.6. The number of hydrogen-bond donors (Lipinski definition) is 1. The van der Waals surface area contributed by atoms with Crippen LogP contribution in [-0.2, 0) is 0 Å². The number of benzene rings is 1. The van der Waals surface area contributed by atoms with Gasteiger partial charge in [-0.2, -0.15) is 0 Å². The van der Waals surface area contributed by atoms with Gasteiger partial charge in [0.15, 0.2) is 6.29 Å². The van der Waals surface area contributed by atoms with Gasteiger partial charge in [0.2, 0.25) is 0 Å². The van der Waals surface area contributed by atoms with E-state index in [1.165, 1.54) is 0 Å². The van der Waals surface area contributed by atoms with Crippen LogP contribution in [0.25, 0.3) is 0 Å². The number of nitrogens with zero attached hydrogens (tertiary/aromatic N) is 1. The molecule has 1 saturated heterocycles. The molecule has 0 atom stereocenters. The number of hydrogen-bond acceptors (Lipinski definition) is 3. The smallest absolute Gasteiger partial charge is 0.151 e. The lowest BCUT2D eigenvalue weighted by molar-refractivity contribution is 0.0310. The molecule has 1 N–H and O–H groups in total. The van der Waals surface area contributed by atoms with E-state index in [2.05, 4.69) is 20.8 Å². The summed E-state index contributed by atoms with van der Waals surface area (Å²) in [7, 11) is 0. The zero-order chi connectivity index (χ0) is 11.1. The van der Waals surface area contributed by atoms with Crippen LogP contribution in [0.3, 0.4) is 0 Å². The van der Waals surface area contributed by atoms with Gasteiger partial charge in [0.1, 0.15) is 0 Å². The lowest BCUT2D eigenvalue weighted by atomic mass is 9.96. The summed E-state index contributed by atoms with van der Waals surface area (Å²) in [5, 5.41) is 9.61. The molecule has 0 amide bonds. The highest BCUT2D eigenvalue weighted by atomic mass is 79.9. The predicted molar refractivity (Wildman–Crippen MR) is 62.4 cm³/mol. The topological polar surface area (TPSA) is 40.5 Å². The van der Waals surface area contributed by atoms with Crippen molar-refractivity contribution in [3.63, 3.8) is 0 Å². The zero-order valence-electron chi connectivity index (χ0n) is 8.40. The van der Waals surface area contributed by atoms with Crippen LogP contribution in [0.5, 0.6) is 0 Å². The number of aliphatic hydroxyl groups is 1. The average molecular weight is 270 g/mol. The van der Waals surface area contributed by atoms with E-state index in [1.807, 2.05) is 19.1 Å². The fourth-order valence-electron chi connectivity index (χ4n) is 1.77. The van der Waals surface area contributed by atoms with Crippen molar-refractivity contribution in [1.29, 1.82) is 0 Å². The molecule has 2 rings (SSSR count). The highest BCUT2D eigenvalue weighted by molar-refractivity contribution is 9.10. The number of rotatable bonds is 2. The van der Waals surface area contributed by atoms with Crippen LogP contribution in [0.2, 0.25) is 0 Å². The first-order valence-corrected chi connectivity index (χ1v) is 5.53. The summed E-state index contributed by atoms with van der Waals surface area (Å²) in [5.41, 5.74) is 1.10. The molecule has 1 heterocycles. The summed E-state index contributed by atoms with van der Waals surface area (Å²) >= 11 is 3.34. The Kier molecular flexibility index (Phi) is 2.56. The molecule has 0 saturated carbocycles. The fourth-order valence-corrected chi connectivity index (χ4v) is 2.23. The molecule has 1 aliphatic heterocycles. The summed E-state index contributed by atoms with van der Waals surface area (Å²) in [6.07, 6.45) is 0.820. The Hall–Kier alpha value is -0.870. The Morgan fingerprint density at radius 1 is 1.53 bits per heavy atom. The molecule has 0 radical (unpaired) electrons. The molecule has 15 heavy (non-hydrogen) atoms. The Bertz CT molecular complexity index is 396. The van der Waals surface area contributed by atoms with Gasteiger partial charge in [-0.05, 0) is 41.1 Å². The highest BCUT2D eigenvalue weighted by Gasteiger charge is 2.36. The minimum atomic E-state index is -0.574. The number of aldehydes is 1. The SMILES string of the molecule is CC1(O)CN(c2ccc(C=O)c(Br)c2)C1. The number of carbonyl (C=O) groups is 1. The van der Waals surface area contributed by atoms with Gasteiger partial charge in [0.25, 0.3) is 0 Å². The standard InChI is InChI=1S/C11H12BrNO2/c1-11(15)6-13(7-11)9-3-2-8(5-14)10(12)4-9/h2-5,15H,6-7H2,1H3. The maximum Gasteiger partial charge on any atom is 0.151 e. The van der Waals surface area contributed by atoms with Gasteiger partial charge in [0.05, 0.1) is 5.60 Å². The molecule has 1 aromatic rings. The molecule has 80 valence electrons. The Balaban J connectivity index is 2.18. The van der Waals surface area contributed by atoms with Crippen molar-refractivity contribution >= 4 is 27.9 Å². The molecular formula is C11H12BrNO2. The molecule has 0 bridgehead atoms. The molecule has 1 fully saturated rings. The molecule has 0 aromatic heterocycles. The van der Waals surface area contributed by atoms with Crippen molar-refractivity contribution in [2.24, 2.45) is 0 Å². The first-order chi connectivity index (χ1) is 7.02. The minimum absolute atomic E-state index is 0.574. The minimum Gasteiger partial charge on any atom is -0.386 e. The van der Waals surface area contributed by atoms with Crippen LogP contribution in [0.4, 0.5) is 5.69 Å². The van der Waals surface area contributed by atoms with Crippen molar-refractivity contribution in [1.82, 2.24) is 0 Å². The largest absolute Gasteiger partial charge is 0.386 e. The van der Waals surface area contributed by atoms with Crippen LogP contribution < -0.4 is 4.90 Å². The highest BCUT2D eigenvalue weighted by Crippen LogP contribution is 2.30. The average Bonchev–Trinajstić information content (AvgIpc) is 2.14. The van der Waals surface area contributed by atoms with Crippen molar-refractivity contribution < 1.29 is 9.90 Å². The van der Waals surface area contributed by atoms with Crippen molar-refractivity contribution in [2.45, 2.75) is 12.5 Å². The summed E-state index contributed by atoms with van der Waals surface area (Å²) < 4.78 is 0.793. The van der Waals surface area contributed by atoms with Crippen molar-refractivity contribution in [2.75, 3.05) is 18.0 Å². The van der Waals surface area contributed by atoms with E-state index in [0.717, 1.165) is 16.4 Å². The molecule has 1 aliphatic rings. The molecular weight excluding hydrogens is 258 g/mol. The van der Waals surface area contributed by atoms with Gasteiger partial charge in [-0.25, -0.2) is 0 Å². The molecule has 3 nitrogen and oxygen atoms in total. The second-order valence-electron chi connectivity index (χ2n) is 4.18. The van der Waals surface area contributed by atoms with E-state index in [0.29, 0.717) is 18.7 Å². The number of β-amino-alcohol motifs (C(OH)–C–C–N with tert-alkyl or cyclic N) is 1. The summed E-state index contributed by atoms with van der Waals surface area (Å²) in [6, 6.07) is 5.57. The number of anilines is 1. The van der Waals surface area contributed by atoms with Crippen LogP contribution >= 0.6 is 15.9 Å². The maximum absolute atomic E-state index is 10.6. The van der Waals surface area contributed by atoms with Crippen LogP contribution in [-0.4, -0.2) is 30.1 Å². The van der Waals surface area contributed by atoms with E-state index in [4.69, 9.17) is 0 Å². The van der Waals surface area contributed by atoms with Gasteiger partial charge in [-0.1, -0.05) is 0 Å². The van der Waals surface area contributed by atoms with Crippen LogP contribution in [0, 0.1) is 0 Å². The number of halogens is 1. The van der Waals surface area contributed by atoms with Crippen molar-refractivity contribution in [3.05, 3.63) is 28.2 Å². The summed E-state index contributed by atoms with van der Waals surface area (Å²) in [4.78, 5) is 12.7. The lowest BCUT2D eigenvalue weighted by Gasteiger charge is -2.45. The van der Waals surface area contributed by atoms with Crippen molar-refractivity contribution in [3.8, 4) is 0 Å². The lowest BCUT2D eigenvalue weighted by Crippen LogP contribution is -2.60. The van der Waals surface area contributed by atoms with E-state index < -0.39 is 5.60 Å². The monoisotopic (exact) mass is 269 g/mol. The predicted octanol–water partition coefficient (Wildman–Crippen LogP) is 1.83. The van der Waals surface area contributed by atoms with Gasteiger partial charge in [0, 0.05) is 28.8 Å². The van der Waals surface area contributed by atoms with Gasteiger partial charge in [-0.3, -0.25) is 4.79 Å². The third kappa shape index (κ3) is 2.06. The zero-order valence-corrected chi connectivity index (χ0v) is 9.99. The fraction of sp³-hybridized carbons (Fsp3) is 0.364. The number of carbonyl (C=O) groups excluding carboxylic acids is 1. The summed E-state index contributed by atoms with van der Waals surface area (Å²) in [6.45, 7) is 3.10. The van der Waals surface area contributed by atoms with Crippen LogP contribution in [0.1, 0.15) is 17.3 Å². The Labute approximate surface area is 96.8 Å². The normalized spacial score (nSPS) is 18.5. The van der Waals surface area contributed by atoms with Crippen LogP contribution in [0.15, 0.2) is 22.7 Å². The molecule has 0 aliphatic carbocycles. The first kappa shape index (κ1) is 10.6. The quantitative estimate of drug-likeness (QED) is 0.833. The van der Waals surface area contributed by atoms with Gasteiger partial charge >= 0.3 is 0 Å². The third-order valence-corrected chi connectivity index (χ3v) is 3.23.